The lowest BCUT2D eigenvalue weighted by atomic mass is 9.71. The van der Waals surface area contributed by atoms with Crippen LogP contribution in [0.5, 0.6) is 0 Å². The Morgan fingerprint density at radius 3 is 1.85 bits per heavy atom. The maximum absolute atomic E-state index is 9.24. The van der Waals surface area contributed by atoms with Crippen molar-refractivity contribution in [2.75, 3.05) is 0 Å². The molecule has 0 spiro atoms. The highest BCUT2D eigenvalue weighted by molar-refractivity contribution is 5.83. The molecule has 3 aliphatic rings. The topological polar surface area (TPSA) is 95.2 Å². The molecule has 0 bridgehead atoms. The van der Waals surface area contributed by atoms with Crippen LogP contribution in [0.3, 0.4) is 0 Å². The first-order valence-corrected chi connectivity index (χ1v) is 8.62. The second-order valence-electron chi connectivity index (χ2n) is 6.84. The van der Waals surface area contributed by atoms with Crippen LogP contribution in [0.15, 0.2) is 35.4 Å². The largest absolute Gasteiger partial charge is 0.197 e. The fourth-order valence-corrected chi connectivity index (χ4v) is 4.34. The Balaban J connectivity index is 1.99. The molecule has 1 aromatic rings. The van der Waals surface area contributed by atoms with Crippen molar-refractivity contribution >= 4 is 11.1 Å². The SMILES string of the molecule is N#CC(C#N)=c1cc2c3c(c1)CCC1=CC(C(C#N)C#N)C=C(CC2)C=31. The molecular weight excluding hydrogens is 320 g/mol. The molecule has 4 rings (SSSR count). The van der Waals surface area contributed by atoms with Crippen molar-refractivity contribution in [2.45, 2.75) is 25.7 Å². The molecule has 0 unspecified atom stereocenters. The van der Waals surface area contributed by atoms with E-state index in [1.54, 1.807) is 0 Å². The number of allylic oxidation sites excluding steroid dienone is 4. The maximum atomic E-state index is 9.24. The number of nitriles is 4. The van der Waals surface area contributed by atoms with Gasteiger partial charge in [-0.05, 0) is 70.9 Å². The average molecular weight is 334 g/mol. The quantitative estimate of drug-likeness (QED) is 0.785. The van der Waals surface area contributed by atoms with E-state index < -0.39 is 5.92 Å². The van der Waals surface area contributed by atoms with Crippen molar-refractivity contribution in [1.29, 1.82) is 21.0 Å². The van der Waals surface area contributed by atoms with Gasteiger partial charge in [0.1, 0.15) is 23.6 Å². The average Bonchev–Trinajstić information content (AvgIpc) is 2.67. The van der Waals surface area contributed by atoms with E-state index in [-0.39, 0.29) is 11.5 Å². The first-order valence-electron chi connectivity index (χ1n) is 8.62. The van der Waals surface area contributed by atoms with Crippen LogP contribution in [0, 0.1) is 57.2 Å². The van der Waals surface area contributed by atoms with E-state index in [4.69, 9.17) is 0 Å². The Morgan fingerprint density at radius 1 is 0.846 bits per heavy atom. The van der Waals surface area contributed by atoms with Crippen LogP contribution in [0.25, 0.3) is 11.1 Å². The fraction of sp³-hybridized carbons (Fsp3) is 0.273. The van der Waals surface area contributed by atoms with Crippen LogP contribution in [0.2, 0.25) is 0 Å². The van der Waals surface area contributed by atoms with Gasteiger partial charge in [0.2, 0.25) is 0 Å². The highest BCUT2D eigenvalue weighted by Gasteiger charge is 2.30. The Labute approximate surface area is 151 Å². The number of hydrogen-bond acceptors (Lipinski definition) is 4. The van der Waals surface area contributed by atoms with Gasteiger partial charge in [-0.15, -0.1) is 0 Å². The summed E-state index contributed by atoms with van der Waals surface area (Å²) in [6, 6.07) is 12.2. The van der Waals surface area contributed by atoms with Crippen LogP contribution in [-0.4, -0.2) is 0 Å². The van der Waals surface area contributed by atoms with Crippen molar-refractivity contribution in [3.8, 4) is 24.3 Å². The summed E-state index contributed by atoms with van der Waals surface area (Å²) in [5.41, 5.74) is 6.25. The van der Waals surface area contributed by atoms with Crippen LogP contribution in [0.4, 0.5) is 0 Å². The lowest BCUT2D eigenvalue weighted by Gasteiger charge is -2.32. The second-order valence-corrected chi connectivity index (χ2v) is 6.84. The van der Waals surface area contributed by atoms with Gasteiger partial charge in [-0.3, -0.25) is 0 Å². The van der Waals surface area contributed by atoms with E-state index in [0.29, 0.717) is 5.22 Å². The first-order chi connectivity index (χ1) is 12.7. The Morgan fingerprint density at radius 2 is 1.38 bits per heavy atom. The van der Waals surface area contributed by atoms with Gasteiger partial charge < -0.3 is 0 Å². The van der Waals surface area contributed by atoms with Crippen LogP contribution >= 0.6 is 0 Å². The third-order valence-electron chi connectivity index (χ3n) is 5.48. The van der Waals surface area contributed by atoms with Gasteiger partial charge in [-0.2, -0.15) is 21.0 Å². The lowest BCUT2D eigenvalue weighted by molar-refractivity contribution is 0.674. The maximum Gasteiger partial charge on any atom is 0.143 e. The zero-order valence-electron chi connectivity index (χ0n) is 14.1. The van der Waals surface area contributed by atoms with Crippen LogP contribution in [0.1, 0.15) is 24.0 Å². The summed E-state index contributed by atoms with van der Waals surface area (Å²) < 4.78 is 0. The van der Waals surface area contributed by atoms with E-state index in [1.807, 2.05) is 24.3 Å². The molecule has 0 radical (unpaired) electrons. The van der Waals surface area contributed by atoms with Gasteiger partial charge in [0.05, 0.1) is 12.1 Å². The third kappa shape index (κ3) is 2.25. The van der Waals surface area contributed by atoms with E-state index >= 15 is 0 Å². The van der Waals surface area contributed by atoms with Gasteiger partial charge >= 0.3 is 0 Å². The monoisotopic (exact) mass is 334 g/mol. The molecule has 3 aliphatic carbocycles. The van der Waals surface area contributed by atoms with E-state index in [1.165, 1.54) is 33.1 Å². The smallest absolute Gasteiger partial charge is 0.143 e. The minimum absolute atomic E-state index is 0.141. The van der Waals surface area contributed by atoms with Gasteiger partial charge in [0.15, 0.2) is 0 Å². The molecule has 0 heterocycles. The van der Waals surface area contributed by atoms with Crippen molar-refractivity contribution in [1.82, 2.24) is 0 Å². The van der Waals surface area contributed by atoms with E-state index in [2.05, 4.69) is 24.3 Å². The molecule has 0 aliphatic heterocycles. The Kier molecular flexibility index (Phi) is 3.69. The summed E-state index contributed by atoms with van der Waals surface area (Å²) in [6.45, 7) is 0. The third-order valence-corrected chi connectivity index (χ3v) is 5.48. The highest BCUT2D eigenvalue weighted by atomic mass is 14.4. The highest BCUT2D eigenvalue weighted by Crippen LogP contribution is 2.39. The van der Waals surface area contributed by atoms with Crippen molar-refractivity contribution in [3.63, 3.8) is 0 Å². The Hall–Kier alpha value is -3.60. The number of benzene rings is 1. The number of rotatable bonds is 1. The molecular formula is C22H14N4. The molecule has 0 N–H and O–H groups in total. The number of hydrogen-bond donors (Lipinski definition) is 0. The summed E-state index contributed by atoms with van der Waals surface area (Å²) in [5.74, 6) is -0.789. The number of aryl methyl sites for hydroxylation is 2. The molecule has 0 aromatic heterocycles. The standard InChI is InChI=1S/C22H14N4/c23-9-19(10-24)17-5-13-1-2-14-6-18(20(11-25)12-26)8-16-4-3-15(7-17)21(13)22(14)16/h5-8,17,19H,1-4H2. The minimum Gasteiger partial charge on any atom is -0.197 e. The van der Waals surface area contributed by atoms with Crippen molar-refractivity contribution < 1.29 is 0 Å². The van der Waals surface area contributed by atoms with Crippen molar-refractivity contribution in [3.05, 3.63) is 57.0 Å². The molecule has 0 saturated heterocycles. The van der Waals surface area contributed by atoms with Crippen LogP contribution < -0.4 is 10.4 Å². The minimum atomic E-state index is -0.648. The predicted octanol–water partition coefficient (Wildman–Crippen LogP) is 2.07. The Bertz CT molecular complexity index is 1100. The lowest BCUT2D eigenvalue weighted by Crippen LogP contribution is -2.33. The zero-order valence-corrected chi connectivity index (χ0v) is 14.1. The summed E-state index contributed by atoms with van der Waals surface area (Å²) in [5, 5.41) is 38.8. The molecule has 0 saturated carbocycles. The molecule has 0 fully saturated rings. The number of nitrogens with zero attached hydrogens (tertiary/aromatic N) is 4. The van der Waals surface area contributed by atoms with Crippen molar-refractivity contribution in [2.24, 2.45) is 11.8 Å². The summed E-state index contributed by atoms with van der Waals surface area (Å²) >= 11 is 0. The van der Waals surface area contributed by atoms with E-state index in [0.717, 1.165) is 25.7 Å². The molecule has 4 nitrogen and oxygen atoms in total. The summed E-state index contributed by atoms with van der Waals surface area (Å²) in [6.07, 6.45) is 7.58. The molecule has 0 amide bonds. The van der Waals surface area contributed by atoms with Gasteiger partial charge in [-0.1, -0.05) is 12.2 Å². The summed E-state index contributed by atoms with van der Waals surface area (Å²) in [4.78, 5) is 0. The first kappa shape index (κ1) is 15.9. The normalized spacial score (nSPS) is 17.0. The molecule has 0 atom stereocenters. The zero-order chi connectivity index (χ0) is 18.3. The predicted molar refractivity (Wildman–Crippen MR) is 94.7 cm³/mol. The van der Waals surface area contributed by atoms with Gasteiger partial charge in [0.25, 0.3) is 0 Å². The fourth-order valence-electron chi connectivity index (χ4n) is 4.34. The molecule has 122 valence electrons. The molecule has 1 aromatic carbocycles. The second kappa shape index (κ2) is 6.04. The van der Waals surface area contributed by atoms with Crippen LogP contribution in [-0.2, 0) is 12.8 Å². The summed E-state index contributed by atoms with van der Waals surface area (Å²) in [7, 11) is 0. The molecule has 26 heavy (non-hydrogen) atoms. The molecule has 4 heteroatoms. The van der Waals surface area contributed by atoms with Gasteiger partial charge in [-0.25, -0.2) is 0 Å². The van der Waals surface area contributed by atoms with Gasteiger partial charge in [0, 0.05) is 11.1 Å². The van der Waals surface area contributed by atoms with E-state index in [9.17, 15) is 21.0 Å².